The van der Waals surface area contributed by atoms with Crippen molar-refractivity contribution < 1.29 is 35.3 Å². The first-order valence-corrected chi connectivity index (χ1v) is 13.9. The van der Waals surface area contributed by atoms with Crippen molar-refractivity contribution >= 4 is 21.3 Å². The van der Waals surface area contributed by atoms with Gasteiger partial charge in [0.15, 0.2) is 11.6 Å². The number of alkyl halides is 6. The third-order valence-electron chi connectivity index (χ3n) is 5.68. The molecule has 0 fully saturated rings. The molecular weight excluding hydrogens is 574 g/mol. The highest BCUT2D eigenvalue weighted by atomic mass is 32.2. The number of pyridine rings is 1. The Morgan fingerprint density at radius 2 is 1.61 bits per heavy atom. The lowest BCUT2D eigenvalue weighted by atomic mass is 10.0. The number of benzene rings is 2. The summed E-state index contributed by atoms with van der Waals surface area (Å²) in [5.74, 6) is -0.624. The molecule has 15 heteroatoms. The van der Waals surface area contributed by atoms with Crippen molar-refractivity contribution in [3.05, 3.63) is 101 Å². The number of carbonyl (C=O) groups excluding carboxylic acids is 1. The molecule has 0 aliphatic heterocycles. The van der Waals surface area contributed by atoms with Crippen LogP contribution in [0.25, 0.3) is 5.82 Å². The average Bonchev–Trinajstić information content (AvgIpc) is 3.38. The molecule has 2 heterocycles. The van der Waals surface area contributed by atoms with Crippen molar-refractivity contribution in [2.24, 2.45) is 4.36 Å². The molecule has 0 saturated heterocycles. The van der Waals surface area contributed by atoms with E-state index >= 15 is 0 Å². The average molecular weight is 597 g/mol. The van der Waals surface area contributed by atoms with Gasteiger partial charge in [-0.15, -0.1) is 0 Å². The third-order valence-corrected chi connectivity index (χ3v) is 7.15. The molecule has 41 heavy (non-hydrogen) atoms. The minimum atomic E-state index is -5.10. The zero-order chi connectivity index (χ0) is 30.0. The van der Waals surface area contributed by atoms with Gasteiger partial charge >= 0.3 is 12.4 Å². The molecule has 2 aromatic carbocycles. The molecule has 0 aliphatic rings. The van der Waals surface area contributed by atoms with E-state index in [9.17, 15) is 35.3 Å². The van der Waals surface area contributed by atoms with Gasteiger partial charge in [-0.1, -0.05) is 30.3 Å². The van der Waals surface area contributed by atoms with Gasteiger partial charge < -0.3 is 5.32 Å². The topological polar surface area (TPSA) is 102 Å². The van der Waals surface area contributed by atoms with Crippen LogP contribution in [-0.2, 0) is 27.8 Å². The van der Waals surface area contributed by atoms with Crippen LogP contribution in [0.2, 0.25) is 0 Å². The fraction of sp³-hybridized carbons (Fsp3) is 0.231. The van der Waals surface area contributed by atoms with Crippen LogP contribution in [0, 0.1) is 0 Å². The van der Waals surface area contributed by atoms with Crippen LogP contribution >= 0.6 is 0 Å². The molecule has 2 aromatic heterocycles. The van der Waals surface area contributed by atoms with Crippen molar-refractivity contribution in [2.75, 3.05) is 6.26 Å². The van der Waals surface area contributed by atoms with Crippen LogP contribution in [0.15, 0.2) is 77.6 Å². The van der Waals surface area contributed by atoms with Gasteiger partial charge in [-0.2, -0.15) is 40.5 Å². The molecule has 0 saturated carbocycles. The molecule has 0 aliphatic carbocycles. The number of hydrogen-bond donors (Lipinski definition) is 1. The Kier molecular flexibility index (Phi) is 8.19. The largest absolute Gasteiger partial charge is 0.416 e. The van der Waals surface area contributed by atoms with Crippen molar-refractivity contribution in [1.29, 1.82) is 0 Å². The van der Waals surface area contributed by atoms with Crippen LogP contribution < -0.4 is 5.32 Å². The summed E-state index contributed by atoms with van der Waals surface area (Å²) in [6, 6.07) is 11.9. The predicted octanol–water partition coefficient (Wildman–Crippen LogP) is 6.12. The molecule has 2 atom stereocenters. The molecule has 4 aromatic rings. The second kappa shape index (κ2) is 11.3. The summed E-state index contributed by atoms with van der Waals surface area (Å²) in [4.78, 5) is 21.0. The van der Waals surface area contributed by atoms with Crippen LogP contribution in [-0.4, -0.2) is 36.1 Å². The number of nitrogens with one attached hydrogen (secondary N) is 1. The van der Waals surface area contributed by atoms with Crippen molar-refractivity contribution in [3.8, 4) is 5.82 Å². The second-order valence-electron chi connectivity index (χ2n) is 9.07. The minimum absolute atomic E-state index is 0.0585. The van der Waals surface area contributed by atoms with E-state index in [1.807, 2.05) is 30.3 Å². The van der Waals surface area contributed by atoms with E-state index in [-0.39, 0.29) is 23.5 Å². The smallest absolute Gasteiger partial charge is 0.342 e. The predicted molar refractivity (Wildman–Crippen MR) is 138 cm³/mol. The van der Waals surface area contributed by atoms with Crippen LogP contribution in [0.1, 0.15) is 45.8 Å². The van der Waals surface area contributed by atoms with Gasteiger partial charge in [0, 0.05) is 11.8 Å². The van der Waals surface area contributed by atoms with Crippen molar-refractivity contribution in [1.82, 2.24) is 25.1 Å². The fourth-order valence-corrected chi connectivity index (χ4v) is 5.28. The molecule has 0 radical (unpaired) electrons. The Hall–Kier alpha value is -4.27. The maximum absolute atomic E-state index is 13.2. The van der Waals surface area contributed by atoms with E-state index in [0.29, 0.717) is 17.8 Å². The maximum atomic E-state index is 13.2. The van der Waals surface area contributed by atoms with E-state index in [2.05, 4.69) is 24.7 Å². The monoisotopic (exact) mass is 596 g/mol. The highest BCUT2D eigenvalue weighted by molar-refractivity contribution is 7.92. The second-order valence-corrected chi connectivity index (χ2v) is 11.5. The first-order valence-electron chi connectivity index (χ1n) is 11.8. The number of rotatable bonds is 7. The minimum Gasteiger partial charge on any atom is -0.342 e. The summed E-state index contributed by atoms with van der Waals surface area (Å²) < 4.78 is 97.6. The first-order chi connectivity index (χ1) is 19.1. The molecule has 1 N–H and O–H groups in total. The van der Waals surface area contributed by atoms with Gasteiger partial charge in [-0.25, -0.2) is 14.2 Å². The normalized spacial score (nSPS) is 14.2. The number of carbonyl (C=O) groups is 1. The van der Waals surface area contributed by atoms with Crippen LogP contribution in [0.3, 0.4) is 0 Å². The molecule has 4 rings (SSSR count). The van der Waals surface area contributed by atoms with E-state index in [1.165, 1.54) is 30.1 Å². The summed E-state index contributed by atoms with van der Waals surface area (Å²) in [5.41, 5.74) is -2.85. The molecule has 1 amide bonds. The summed E-state index contributed by atoms with van der Waals surface area (Å²) in [6.45, 7) is 1.43. The maximum Gasteiger partial charge on any atom is 0.416 e. The molecule has 8 nitrogen and oxygen atoms in total. The van der Waals surface area contributed by atoms with Gasteiger partial charge in [0.1, 0.15) is 6.33 Å². The number of nitrogens with zero attached hydrogens (tertiary/aromatic N) is 5. The van der Waals surface area contributed by atoms with Crippen LogP contribution in [0.4, 0.5) is 32.0 Å². The van der Waals surface area contributed by atoms with Gasteiger partial charge in [0.25, 0.3) is 5.91 Å². The zero-order valence-electron chi connectivity index (χ0n) is 21.4. The number of hydrogen-bond acceptors (Lipinski definition) is 6. The van der Waals surface area contributed by atoms with Gasteiger partial charge in [0.2, 0.25) is 0 Å². The van der Waals surface area contributed by atoms with Crippen molar-refractivity contribution in [2.45, 2.75) is 31.1 Å². The Labute approximate surface area is 230 Å². The quantitative estimate of drug-likeness (QED) is 0.259. The van der Waals surface area contributed by atoms with Crippen molar-refractivity contribution in [3.63, 3.8) is 0 Å². The lowest BCUT2D eigenvalue weighted by Crippen LogP contribution is -2.29. The van der Waals surface area contributed by atoms with E-state index in [1.54, 1.807) is 6.07 Å². The Balaban J connectivity index is 1.54. The van der Waals surface area contributed by atoms with E-state index in [0.717, 1.165) is 11.9 Å². The number of amides is 1. The SMILES string of the molecule is C[C@H](NC(=O)c1cc(C(F)(F)F)cc(C(F)(F)F)c1)c1ncnn1-c1ccc(N=S(C)(=O)Cc2ccccc2)cn1. The molecule has 0 spiro atoms. The first kappa shape index (κ1) is 29.7. The molecule has 0 bridgehead atoms. The zero-order valence-corrected chi connectivity index (χ0v) is 22.3. The number of halogens is 6. The highest BCUT2D eigenvalue weighted by Gasteiger charge is 2.37. The molecule has 216 valence electrons. The van der Waals surface area contributed by atoms with Gasteiger partial charge in [0.05, 0.1) is 44.5 Å². The lowest BCUT2D eigenvalue weighted by molar-refractivity contribution is -0.143. The molecular formula is C26H22F6N6O2S. The Morgan fingerprint density at radius 3 is 2.17 bits per heavy atom. The summed E-state index contributed by atoms with van der Waals surface area (Å²) in [5, 5.41) is 6.40. The standard InChI is InChI=1S/C26H22F6N6O2S/c1-16(36-24(39)18-10-19(25(27,28)29)12-20(11-18)26(30,31)32)23-34-15-35-38(23)22-9-8-21(13-33-22)37-41(2,40)14-17-6-4-3-5-7-17/h3-13,15-16H,14H2,1-2H3,(H,36,39)/t16-,41?/m0/s1. The number of aromatic nitrogens is 4. The van der Waals surface area contributed by atoms with Crippen LogP contribution in [0.5, 0.6) is 0 Å². The fourth-order valence-electron chi connectivity index (χ4n) is 3.85. The van der Waals surface area contributed by atoms with E-state index < -0.39 is 50.7 Å². The summed E-state index contributed by atoms with van der Waals surface area (Å²) >= 11 is 0. The lowest BCUT2D eigenvalue weighted by Gasteiger charge is -2.17. The third kappa shape index (κ3) is 7.48. The molecule has 1 unspecified atom stereocenters. The summed E-state index contributed by atoms with van der Waals surface area (Å²) in [6.07, 6.45) is -6.17. The van der Waals surface area contributed by atoms with E-state index in [4.69, 9.17) is 0 Å². The Bertz CT molecular complexity index is 1630. The highest BCUT2D eigenvalue weighted by Crippen LogP contribution is 2.36. The van der Waals surface area contributed by atoms with Gasteiger partial charge in [-0.3, -0.25) is 4.79 Å². The van der Waals surface area contributed by atoms with Gasteiger partial charge in [-0.05, 0) is 42.8 Å². The summed E-state index contributed by atoms with van der Waals surface area (Å²) in [7, 11) is -2.63. The Morgan fingerprint density at radius 1 is 0.976 bits per heavy atom.